The maximum absolute atomic E-state index is 12.9. The lowest BCUT2D eigenvalue weighted by Crippen LogP contribution is -2.60. The Labute approximate surface area is 131 Å². The average molecular weight is 307 g/mol. The first kappa shape index (κ1) is 15.5. The van der Waals surface area contributed by atoms with Crippen molar-refractivity contribution in [3.05, 3.63) is 17.0 Å². The highest BCUT2D eigenvalue weighted by Crippen LogP contribution is 2.31. The van der Waals surface area contributed by atoms with Crippen LogP contribution < -0.4 is 0 Å². The second kappa shape index (κ2) is 6.01. The monoisotopic (exact) mass is 307 g/mol. The first-order valence-electron chi connectivity index (χ1n) is 7.99. The largest absolute Gasteiger partial charge is 0.376 e. The maximum Gasteiger partial charge on any atom is 0.259 e. The molecule has 0 aromatic carbocycles. The minimum absolute atomic E-state index is 0.0344. The molecular weight excluding hydrogens is 282 g/mol. The number of fused-ring (bicyclic) bond motifs is 1. The molecule has 2 fully saturated rings. The van der Waals surface area contributed by atoms with E-state index in [1.807, 2.05) is 11.8 Å². The Kier molecular flexibility index (Phi) is 4.23. The lowest BCUT2D eigenvalue weighted by Gasteiger charge is -2.47. The number of rotatable bonds is 2. The van der Waals surface area contributed by atoms with Gasteiger partial charge >= 0.3 is 0 Å². The van der Waals surface area contributed by atoms with E-state index in [4.69, 9.17) is 9.26 Å². The number of carbonyl (C=O) groups excluding carboxylic acids is 1. The van der Waals surface area contributed by atoms with Crippen molar-refractivity contribution in [2.45, 2.75) is 38.8 Å². The van der Waals surface area contributed by atoms with E-state index in [9.17, 15) is 4.79 Å². The van der Waals surface area contributed by atoms with Crippen LogP contribution in [0.2, 0.25) is 0 Å². The molecule has 2 aliphatic rings. The summed E-state index contributed by atoms with van der Waals surface area (Å²) in [5.41, 5.74) is 1.29. The van der Waals surface area contributed by atoms with Gasteiger partial charge in [0.1, 0.15) is 11.3 Å². The predicted molar refractivity (Wildman–Crippen MR) is 81.8 cm³/mol. The fourth-order valence-electron chi connectivity index (χ4n) is 3.74. The lowest BCUT2D eigenvalue weighted by atomic mass is 9.84. The zero-order chi connectivity index (χ0) is 15.9. The lowest BCUT2D eigenvalue weighted by molar-refractivity contribution is -0.0997. The second-order valence-corrected chi connectivity index (χ2v) is 6.68. The van der Waals surface area contributed by atoms with Gasteiger partial charge in [-0.05, 0) is 40.8 Å². The molecule has 22 heavy (non-hydrogen) atoms. The molecule has 6 nitrogen and oxygen atoms in total. The van der Waals surface area contributed by atoms with Gasteiger partial charge in [0, 0.05) is 25.6 Å². The SMILES string of the molecule is Cc1noc(C)c1C(=O)N1C[C@@H]2CCCO[C@@H]2[C@H](N(C)C)C1. The number of ether oxygens (including phenoxy) is 1. The van der Waals surface area contributed by atoms with Crippen LogP contribution in [0.15, 0.2) is 4.52 Å². The number of likely N-dealkylation sites (N-methyl/N-ethyl adjacent to an activating group) is 1. The molecule has 0 unspecified atom stereocenters. The Hall–Kier alpha value is -1.40. The van der Waals surface area contributed by atoms with Gasteiger partial charge < -0.3 is 19.1 Å². The van der Waals surface area contributed by atoms with Crippen LogP contribution in [-0.4, -0.2) is 66.8 Å². The van der Waals surface area contributed by atoms with Crippen LogP contribution in [0.5, 0.6) is 0 Å². The van der Waals surface area contributed by atoms with E-state index < -0.39 is 0 Å². The number of hydrogen-bond acceptors (Lipinski definition) is 5. The molecule has 0 radical (unpaired) electrons. The summed E-state index contributed by atoms with van der Waals surface area (Å²) in [6.45, 7) is 5.91. The van der Waals surface area contributed by atoms with Gasteiger partial charge in [-0.15, -0.1) is 0 Å². The van der Waals surface area contributed by atoms with Crippen LogP contribution in [0.1, 0.15) is 34.7 Å². The van der Waals surface area contributed by atoms with E-state index in [0.29, 0.717) is 29.5 Å². The first-order valence-corrected chi connectivity index (χ1v) is 7.99. The van der Waals surface area contributed by atoms with Crippen molar-refractivity contribution in [2.24, 2.45) is 5.92 Å². The van der Waals surface area contributed by atoms with E-state index in [1.54, 1.807) is 6.92 Å². The zero-order valence-electron chi connectivity index (χ0n) is 13.8. The molecule has 3 rings (SSSR count). The molecule has 0 bridgehead atoms. The van der Waals surface area contributed by atoms with Crippen molar-refractivity contribution in [1.29, 1.82) is 0 Å². The third kappa shape index (κ3) is 2.65. The maximum atomic E-state index is 12.9. The van der Waals surface area contributed by atoms with Crippen LogP contribution in [0.25, 0.3) is 0 Å². The van der Waals surface area contributed by atoms with E-state index in [1.165, 1.54) is 0 Å². The first-order chi connectivity index (χ1) is 10.5. The Bertz CT molecular complexity index is 535. The van der Waals surface area contributed by atoms with Gasteiger partial charge in [-0.1, -0.05) is 5.16 Å². The van der Waals surface area contributed by atoms with Gasteiger partial charge in [0.2, 0.25) is 0 Å². The number of amides is 1. The molecule has 0 saturated carbocycles. The highest BCUT2D eigenvalue weighted by Gasteiger charge is 2.42. The highest BCUT2D eigenvalue weighted by atomic mass is 16.5. The Balaban J connectivity index is 1.84. The topological polar surface area (TPSA) is 58.8 Å². The molecular formula is C16H25N3O3. The Morgan fingerprint density at radius 2 is 2.09 bits per heavy atom. The Morgan fingerprint density at radius 1 is 1.32 bits per heavy atom. The van der Waals surface area contributed by atoms with E-state index in [2.05, 4.69) is 24.2 Å². The molecule has 1 aromatic rings. The van der Waals surface area contributed by atoms with Gasteiger partial charge in [0.15, 0.2) is 0 Å². The van der Waals surface area contributed by atoms with Crippen molar-refractivity contribution in [1.82, 2.24) is 15.0 Å². The van der Waals surface area contributed by atoms with E-state index in [-0.39, 0.29) is 18.1 Å². The van der Waals surface area contributed by atoms with Gasteiger partial charge in [-0.25, -0.2) is 0 Å². The van der Waals surface area contributed by atoms with Crippen LogP contribution in [0.3, 0.4) is 0 Å². The molecule has 122 valence electrons. The number of hydrogen-bond donors (Lipinski definition) is 0. The fourth-order valence-corrected chi connectivity index (χ4v) is 3.74. The molecule has 0 spiro atoms. The number of nitrogens with zero attached hydrogens (tertiary/aromatic N) is 3. The summed E-state index contributed by atoms with van der Waals surface area (Å²) in [5, 5.41) is 3.91. The summed E-state index contributed by atoms with van der Waals surface area (Å²) >= 11 is 0. The number of piperidine rings is 1. The molecule has 6 heteroatoms. The van der Waals surface area contributed by atoms with Gasteiger partial charge in [0.05, 0.1) is 17.8 Å². The number of likely N-dealkylation sites (tertiary alicyclic amines) is 1. The summed E-state index contributed by atoms with van der Waals surface area (Å²) in [4.78, 5) is 17.0. The minimum Gasteiger partial charge on any atom is -0.376 e. The van der Waals surface area contributed by atoms with Crippen LogP contribution in [0, 0.1) is 19.8 Å². The van der Waals surface area contributed by atoms with Crippen LogP contribution in [-0.2, 0) is 4.74 Å². The number of aryl methyl sites for hydroxylation is 2. The average Bonchev–Trinajstić information content (AvgIpc) is 2.84. The molecule has 1 aromatic heterocycles. The smallest absolute Gasteiger partial charge is 0.259 e. The minimum atomic E-state index is 0.0344. The van der Waals surface area contributed by atoms with Crippen LogP contribution >= 0.6 is 0 Å². The molecule has 3 atom stereocenters. The normalized spacial score (nSPS) is 28.8. The summed E-state index contributed by atoms with van der Waals surface area (Å²) in [6, 6.07) is 0.239. The van der Waals surface area contributed by atoms with E-state index in [0.717, 1.165) is 26.0 Å². The fraction of sp³-hybridized carbons (Fsp3) is 0.750. The van der Waals surface area contributed by atoms with Crippen molar-refractivity contribution in [3.8, 4) is 0 Å². The van der Waals surface area contributed by atoms with Gasteiger partial charge in [0.25, 0.3) is 5.91 Å². The quantitative estimate of drug-likeness (QED) is 0.828. The summed E-state index contributed by atoms with van der Waals surface area (Å²) in [6.07, 6.45) is 2.44. The third-order valence-corrected chi connectivity index (χ3v) is 4.93. The van der Waals surface area contributed by atoms with Crippen molar-refractivity contribution in [3.63, 3.8) is 0 Å². The molecule has 3 heterocycles. The summed E-state index contributed by atoms with van der Waals surface area (Å²) in [5.74, 6) is 1.05. The highest BCUT2D eigenvalue weighted by molar-refractivity contribution is 5.96. The molecule has 0 aliphatic carbocycles. The van der Waals surface area contributed by atoms with E-state index >= 15 is 0 Å². The standard InChI is InChI=1S/C16H25N3O3/c1-10-14(11(2)22-17-10)16(20)19-8-12-6-5-7-21-15(12)13(9-19)18(3)4/h12-13,15H,5-9H2,1-4H3/t12-,13+,15-/m0/s1. The van der Waals surface area contributed by atoms with Crippen molar-refractivity contribution in [2.75, 3.05) is 33.8 Å². The van der Waals surface area contributed by atoms with Crippen molar-refractivity contribution < 1.29 is 14.1 Å². The zero-order valence-corrected chi connectivity index (χ0v) is 13.8. The third-order valence-electron chi connectivity index (χ3n) is 4.93. The molecule has 0 N–H and O–H groups in total. The molecule has 2 aliphatic heterocycles. The predicted octanol–water partition coefficient (Wildman–Crippen LogP) is 1.47. The molecule has 2 saturated heterocycles. The van der Waals surface area contributed by atoms with Gasteiger partial charge in [-0.3, -0.25) is 4.79 Å². The number of aromatic nitrogens is 1. The Morgan fingerprint density at radius 3 is 2.73 bits per heavy atom. The second-order valence-electron chi connectivity index (χ2n) is 6.68. The molecule has 1 amide bonds. The van der Waals surface area contributed by atoms with Crippen molar-refractivity contribution >= 4 is 5.91 Å². The van der Waals surface area contributed by atoms with Crippen LogP contribution in [0.4, 0.5) is 0 Å². The van der Waals surface area contributed by atoms with Gasteiger partial charge in [-0.2, -0.15) is 0 Å². The summed E-state index contributed by atoms with van der Waals surface area (Å²) < 4.78 is 11.2. The number of carbonyl (C=O) groups is 1. The summed E-state index contributed by atoms with van der Waals surface area (Å²) in [7, 11) is 4.12.